The number of aryl methyl sites for hydroxylation is 2. The van der Waals surface area contributed by atoms with Crippen molar-refractivity contribution >= 4 is 43.4 Å². The first-order valence-electron chi connectivity index (χ1n) is 21.2. The molecule has 8 aromatic rings. The Morgan fingerprint density at radius 2 is 0.850 bits per heavy atom. The maximum atomic E-state index is 8.42. The Bertz CT molecular complexity index is 2500. The third-order valence-electron chi connectivity index (χ3n) is 13.1. The molecule has 2 fully saturated rings. The molecule has 0 N–H and O–H groups in total. The standard InChI is InChI=1S/C55H51NO2P2/c1-40-24-23-37-48-41(2)52(59(46-33-19-9-20-34-46)47-35-21-10-22-36-47)56(51(40)48)60-57-54(42-25-11-5-12-26-42,43-27-13-6-14-28-43)49-38-53(3,4)39-50(49)55(58-60,44-29-15-7-16-30-44)45-31-17-8-18-32-45/h5-37,49-50H,38-39H2,1-4H3/t49-,50-/m1/s1. The Balaban J connectivity index is 1.37. The molecule has 1 saturated heterocycles. The van der Waals surface area contributed by atoms with E-state index < -0.39 is 27.6 Å². The largest absolute Gasteiger partial charge is 0.300 e. The first-order valence-corrected chi connectivity index (χ1v) is 23.7. The zero-order chi connectivity index (χ0) is 40.9. The molecule has 5 heteroatoms. The summed E-state index contributed by atoms with van der Waals surface area (Å²) in [6, 6.07) is 73.3. The van der Waals surface area contributed by atoms with Crippen molar-refractivity contribution in [2.75, 3.05) is 0 Å². The van der Waals surface area contributed by atoms with Gasteiger partial charge in [-0.2, -0.15) is 0 Å². The Morgan fingerprint density at radius 1 is 0.483 bits per heavy atom. The van der Waals surface area contributed by atoms with Crippen molar-refractivity contribution in [3.8, 4) is 0 Å². The molecule has 0 spiro atoms. The average molecular weight is 820 g/mol. The Kier molecular flexibility index (Phi) is 10.2. The van der Waals surface area contributed by atoms with Crippen LogP contribution in [0.25, 0.3) is 10.9 Å². The molecule has 1 saturated carbocycles. The number of benzene rings is 7. The van der Waals surface area contributed by atoms with Gasteiger partial charge >= 0.3 is 0 Å². The van der Waals surface area contributed by atoms with Gasteiger partial charge in [0.25, 0.3) is 8.53 Å². The summed E-state index contributed by atoms with van der Waals surface area (Å²) in [6.45, 7) is 9.47. The average Bonchev–Trinajstić information content (AvgIpc) is 3.75. The third-order valence-corrected chi connectivity index (χ3v) is 17.5. The summed E-state index contributed by atoms with van der Waals surface area (Å²) in [7, 11) is -2.98. The van der Waals surface area contributed by atoms with Crippen LogP contribution >= 0.6 is 16.4 Å². The molecule has 298 valence electrons. The highest BCUT2D eigenvalue weighted by molar-refractivity contribution is 7.80. The van der Waals surface area contributed by atoms with Gasteiger partial charge in [-0.1, -0.05) is 214 Å². The van der Waals surface area contributed by atoms with Gasteiger partial charge in [-0.25, -0.2) is 0 Å². The SMILES string of the molecule is Cc1c(P(c2ccccc2)c2ccccc2)n(P2OC(c3ccccc3)(c3ccccc3)[C@@H]3CC(C)(C)C[C@H]3C(c3ccccc3)(c3ccccc3)O2)c2c(C)cccc12. The summed E-state index contributed by atoms with van der Waals surface area (Å²) < 4.78 is 19.4. The number of fused-ring (bicyclic) bond motifs is 2. The topological polar surface area (TPSA) is 23.4 Å². The van der Waals surface area contributed by atoms with Gasteiger partial charge in [0.05, 0.1) is 11.0 Å². The van der Waals surface area contributed by atoms with Crippen molar-refractivity contribution in [2.45, 2.75) is 51.7 Å². The molecule has 7 aromatic carbocycles. The van der Waals surface area contributed by atoms with E-state index in [1.807, 2.05) is 0 Å². The molecule has 60 heavy (non-hydrogen) atoms. The van der Waals surface area contributed by atoms with Crippen LogP contribution in [-0.4, -0.2) is 4.34 Å². The van der Waals surface area contributed by atoms with Crippen LogP contribution in [0.15, 0.2) is 200 Å². The molecule has 2 aliphatic rings. The Hall–Kier alpha value is -5.14. The van der Waals surface area contributed by atoms with Crippen LogP contribution in [0.4, 0.5) is 0 Å². The van der Waals surface area contributed by atoms with Crippen LogP contribution < -0.4 is 16.0 Å². The van der Waals surface area contributed by atoms with E-state index in [1.54, 1.807) is 0 Å². The summed E-state index contributed by atoms with van der Waals surface area (Å²) in [6.07, 6.45) is 1.93. The minimum atomic E-state index is -1.92. The summed E-state index contributed by atoms with van der Waals surface area (Å²) in [5, 5.41) is 3.82. The maximum Gasteiger partial charge on any atom is 0.297 e. The smallest absolute Gasteiger partial charge is 0.297 e. The molecule has 0 amide bonds. The summed E-state index contributed by atoms with van der Waals surface area (Å²) in [4.78, 5) is 0. The van der Waals surface area contributed by atoms with E-state index in [2.05, 4.69) is 232 Å². The van der Waals surface area contributed by atoms with Gasteiger partial charge in [0.1, 0.15) is 11.2 Å². The second kappa shape index (κ2) is 15.7. The predicted molar refractivity (Wildman–Crippen MR) is 252 cm³/mol. The lowest BCUT2D eigenvalue weighted by atomic mass is 9.64. The minimum absolute atomic E-state index is 0.0131. The van der Waals surface area contributed by atoms with E-state index in [0.29, 0.717) is 0 Å². The van der Waals surface area contributed by atoms with E-state index in [0.717, 1.165) is 35.1 Å². The minimum Gasteiger partial charge on any atom is -0.300 e. The highest BCUT2D eigenvalue weighted by Crippen LogP contribution is 2.71. The van der Waals surface area contributed by atoms with Crippen molar-refractivity contribution in [3.05, 3.63) is 234 Å². The van der Waals surface area contributed by atoms with E-state index >= 15 is 0 Å². The fraction of sp³-hybridized carbons (Fsp3) is 0.200. The van der Waals surface area contributed by atoms with E-state index in [9.17, 15) is 0 Å². The lowest BCUT2D eigenvalue weighted by molar-refractivity contribution is 0.0130. The number of nitrogens with zero attached hydrogens (tertiary/aromatic N) is 1. The van der Waals surface area contributed by atoms with Crippen LogP contribution in [0, 0.1) is 31.1 Å². The van der Waals surface area contributed by atoms with Gasteiger partial charge in [-0.3, -0.25) is 4.34 Å². The highest BCUT2D eigenvalue weighted by Gasteiger charge is 2.65. The zero-order valence-electron chi connectivity index (χ0n) is 34.8. The van der Waals surface area contributed by atoms with Gasteiger partial charge in [-0.05, 0) is 76.1 Å². The third kappa shape index (κ3) is 6.42. The number of hydrogen-bond acceptors (Lipinski definition) is 2. The number of para-hydroxylation sites is 1. The van der Waals surface area contributed by atoms with Crippen molar-refractivity contribution in [3.63, 3.8) is 0 Å². The predicted octanol–water partition coefficient (Wildman–Crippen LogP) is 13.1. The van der Waals surface area contributed by atoms with E-state index in [-0.39, 0.29) is 17.3 Å². The van der Waals surface area contributed by atoms with Crippen LogP contribution in [0.1, 0.15) is 60.1 Å². The van der Waals surface area contributed by atoms with Gasteiger partial charge in [0, 0.05) is 25.1 Å². The molecule has 3 nitrogen and oxygen atoms in total. The van der Waals surface area contributed by atoms with Gasteiger partial charge < -0.3 is 9.05 Å². The van der Waals surface area contributed by atoms with Crippen LogP contribution in [0.2, 0.25) is 0 Å². The van der Waals surface area contributed by atoms with Gasteiger partial charge in [-0.15, -0.1) is 0 Å². The quantitative estimate of drug-likeness (QED) is 0.143. The fourth-order valence-electron chi connectivity index (χ4n) is 10.6. The molecule has 2 heterocycles. The van der Waals surface area contributed by atoms with Crippen molar-refractivity contribution in [2.24, 2.45) is 17.3 Å². The highest BCUT2D eigenvalue weighted by atomic mass is 31.2. The summed E-state index contributed by atoms with van der Waals surface area (Å²) in [5.74, 6) is 0.0879. The summed E-state index contributed by atoms with van der Waals surface area (Å²) >= 11 is 0. The van der Waals surface area contributed by atoms with Crippen LogP contribution in [0.3, 0.4) is 0 Å². The monoisotopic (exact) mass is 819 g/mol. The van der Waals surface area contributed by atoms with Crippen LogP contribution in [-0.2, 0) is 20.2 Å². The Labute approximate surface area is 357 Å². The molecule has 1 aliphatic heterocycles. The van der Waals surface area contributed by atoms with Gasteiger partial charge in [0.15, 0.2) is 0 Å². The van der Waals surface area contributed by atoms with E-state index in [4.69, 9.17) is 9.05 Å². The van der Waals surface area contributed by atoms with Crippen LogP contribution in [0.5, 0.6) is 0 Å². The molecule has 0 bridgehead atoms. The molecular formula is C55H51NO2P2. The molecular weight excluding hydrogens is 769 g/mol. The maximum absolute atomic E-state index is 8.42. The first-order chi connectivity index (χ1) is 29.3. The number of aromatic nitrogens is 1. The normalized spacial score (nSPS) is 19.6. The molecule has 10 rings (SSSR count). The zero-order valence-corrected chi connectivity index (χ0v) is 36.6. The lowest BCUT2D eigenvalue weighted by Gasteiger charge is -2.44. The summed E-state index contributed by atoms with van der Waals surface area (Å²) in [5.41, 5.74) is 7.86. The second-order valence-electron chi connectivity index (χ2n) is 17.4. The van der Waals surface area contributed by atoms with Crippen molar-refractivity contribution < 1.29 is 9.05 Å². The number of hydrogen-bond donors (Lipinski definition) is 0. The van der Waals surface area contributed by atoms with E-state index in [1.165, 1.54) is 38.1 Å². The second-order valence-corrected chi connectivity index (χ2v) is 20.7. The molecule has 2 atom stereocenters. The van der Waals surface area contributed by atoms with Crippen molar-refractivity contribution in [1.29, 1.82) is 0 Å². The molecule has 1 aromatic heterocycles. The van der Waals surface area contributed by atoms with Gasteiger partial charge in [0.2, 0.25) is 0 Å². The lowest BCUT2D eigenvalue weighted by Crippen LogP contribution is -2.45. The molecule has 1 aliphatic carbocycles. The first kappa shape index (κ1) is 39.0. The Morgan fingerprint density at radius 3 is 1.23 bits per heavy atom. The fourth-order valence-corrected chi connectivity index (χ4v) is 15.7. The van der Waals surface area contributed by atoms with Crippen molar-refractivity contribution in [1.82, 2.24) is 4.34 Å². The molecule has 0 radical (unpaired) electrons. The number of rotatable bonds is 8. The molecule has 0 unspecified atom stereocenters.